The SMILES string of the molecule is Cc1c2nccnc2nc2c3ccccc3c3cc(-c4ccccc4)nn3c12. The lowest BCUT2D eigenvalue weighted by Gasteiger charge is -2.11. The lowest BCUT2D eigenvalue weighted by Crippen LogP contribution is -2.00. The summed E-state index contributed by atoms with van der Waals surface area (Å²) in [5, 5.41) is 7.18. The van der Waals surface area contributed by atoms with Gasteiger partial charge in [0.1, 0.15) is 5.52 Å². The van der Waals surface area contributed by atoms with Gasteiger partial charge in [0.25, 0.3) is 0 Å². The highest BCUT2D eigenvalue weighted by molar-refractivity contribution is 6.13. The topological polar surface area (TPSA) is 56.0 Å². The third kappa shape index (κ3) is 2.01. The zero-order valence-electron chi connectivity index (χ0n) is 15.2. The molecule has 0 atom stereocenters. The molecule has 0 fully saturated rings. The molecule has 4 heterocycles. The molecule has 0 saturated carbocycles. The molecule has 0 bridgehead atoms. The number of nitrogens with zero attached hydrogens (tertiary/aromatic N) is 5. The summed E-state index contributed by atoms with van der Waals surface area (Å²) in [7, 11) is 0. The van der Waals surface area contributed by atoms with E-state index >= 15 is 0 Å². The van der Waals surface area contributed by atoms with Crippen LogP contribution in [-0.2, 0) is 0 Å². The molecule has 5 heteroatoms. The maximum atomic E-state index is 4.96. The van der Waals surface area contributed by atoms with Gasteiger partial charge in [-0.05, 0) is 13.0 Å². The number of pyridine rings is 2. The highest BCUT2D eigenvalue weighted by atomic mass is 15.2. The predicted molar refractivity (Wildman–Crippen MR) is 111 cm³/mol. The van der Waals surface area contributed by atoms with Crippen LogP contribution in [0, 0.1) is 6.92 Å². The van der Waals surface area contributed by atoms with Crippen LogP contribution in [0.25, 0.3) is 49.7 Å². The standard InChI is InChI=1S/C23H15N5/c1-14-20-23(25-12-11-24-20)26-21-17-10-6-5-9-16(17)19-13-18(27-28(19)22(14)21)15-7-3-2-4-8-15/h2-13H,1H3. The van der Waals surface area contributed by atoms with Crippen LogP contribution < -0.4 is 0 Å². The Kier molecular flexibility index (Phi) is 3.03. The van der Waals surface area contributed by atoms with Crippen LogP contribution in [-0.4, -0.2) is 24.6 Å². The summed E-state index contributed by atoms with van der Waals surface area (Å²) in [6.07, 6.45) is 3.39. The first-order valence-electron chi connectivity index (χ1n) is 9.18. The van der Waals surface area contributed by atoms with Crippen LogP contribution in [0.15, 0.2) is 73.1 Å². The van der Waals surface area contributed by atoms with Gasteiger partial charge in [-0.15, -0.1) is 0 Å². The first kappa shape index (κ1) is 15.2. The van der Waals surface area contributed by atoms with Crippen LogP contribution in [0.3, 0.4) is 0 Å². The summed E-state index contributed by atoms with van der Waals surface area (Å²) in [6.45, 7) is 2.07. The molecule has 6 rings (SSSR count). The van der Waals surface area contributed by atoms with Gasteiger partial charge < -0.3 is 0 Å². The zero-order chi connectivity index (χ0) is 18.7. The summed E-state index contributed by atoms with van der Waals surface area (Å²) >= 11 is 0. The number of fused-ring (bicyclic) bond motifs is 7. The first-order chi connectivity index (χ1) is 13.8. The minimum Gasteiger partial charge on any atom is -0.251 e. The summed E-state index contributed by atoms with van der Waals surface area (Å²) in [4.78, 5) is 13.8. The highest BCUT2D eigenvalue weighted by Crippen LogP contribution is 2.33. The normalized spacial score (nSPS) is 11.8. The Labute approximate surface area is 160 Å². The quantitative estimate of drug-likeness (QED) is 0.307. The van der Waals surface area contributed by atoms with Crippen molar-refractivity contribution in [3.05, 3.63) is 78.6 Å². The van der Waals surface area contributed by atoms with E-state index in [9.17, 15) is 0 Å². The molecule has 5 nitrogen and oxygen atoms in total. The molecule has 2 aromatic carbocycles. The molecule has 28 heavy (non-hydrogen) atoms. The second-order valence-corrected chi connectivity index (χ2v) is 6.90. The van der Waals surface area contributed by atoms with Gasteiger partial charge in [0.05, 0.1) is 22.2 Å². The molecule has 0 radical (unpaired) electrons. The Bertz CT molecular complexity index is 1520. The van der Waals surface area contributed by atoms with Crippen LogP contribution in [0.1, 0.15) is 5.56 Å². The van der Waals surface area contributed by atoms with Crippen molar-refractivity contribution in [2.24, 2.45) is 0 Å². The first-order valence-corrected chi connectivity index (χ1v) is 9.18. The molecule has 0 spiro atoms. The number of benzene rings is 2. The molecule has 132 valence electrons. The van der Waals surface area contributed by atoms with E-state index in [2.05, 4.69) is 53.3 Å². The molecule has 0 N–H and O–H groups in total. The number of hydrogen-bond acceptors (Lipinski definition) is 4. The number of aromatic nitrogens is 5. The number of aryl methyl sites for hydroxylation is 1. The van der Waals surface area contributed by atoms with E-state index < -0.39 is 0 Å². The Hall–Kier alpha value is -3.86. The van der Waals surface area contributed by atoms with Crippen molar-refractivity contribution in [2.75, 3.05) is 0 Å². The fourth-order valence-electron chi connectivity index (χ4n) is 3.98. The molecule has 0 aliphatic carbocycles. The van der Waals surface area contributed by atoms with Crippen LogP contribution >= 0.6 is 0 Å². The lowest BCUT2D eigenvalue weighted by atomic mass is 10.1. The fraction of sp³-hybridized carbons (Fsp3) is 0.0435. The van der Waals surface area contributed by atoms with Crippen molar-refractivity contribution in [3.8, 4) is 11.3 Å². The van der Waals surface area contributed by atoms with E-state index in [0.717, 1.165) is 49.7 Å². The van der Waals surface area contributed by atoms with Crippen molar-refractivity contribution in [1.29, 1.82) is 0 Å². The van der Waals surface area contributed by atoms with E-state index in [-0.39, 0.29) is 0 Å². The third-order valence-corrected chi connectivity index (χ3v) is 5.28. The highest BCUT2D eigenvalue weighted by Gasteiger charge is 2.17. The summed E-state index contributed by atoms with van der Waals surface area (Å²) in [6, 6.07) is 20.7. The van der Waals surface area contributed by atoms with Gasteiger partial charge in [-0.2, -0.15) is 5.10 Å². The lowest BCUT2D eigenvalue weighted by molar-refractivity contribution is 1.00. The van der Waals surface area contributed by atoms with Gasteiger partial charge in [0.2, 0.25) is 0 Å². The van der Waals surface area contributed by atoms with Crippen molar-refractivity contribution in [3.63, 3.8) is 0 Å². The summed E-state index contributed by atoms with van der Waals surface area (Å²) < 4.78 is 2.01. The van der Waals surface area contributed by atoms with Crippen molar-refractivity contribution < 1.29 is 0 Å². The Morgan fingerprint density at radius 2 is 1.54 bits per heavy atom. The minimum atomic E-state index is 0.660. The molecular formula is C23H15N5. The molecule has 0 unspecified atom stereocenters. The predicted octanol–water partition coefficient (Wildman–Crippen LogP) is 4.95. The van der Waals surface area contributed by atoms with Gasteiger partial charge in [-0.1, -0.05) is 54.6 Å². The Morgan fingerprint density at radius 1 is 0.786 bits per heavy atom. The fourth-order valence-corrected chi connectivity index (χ4v) is 3.98. The smallest absolute Gasteiger partial charge is 0.179 e. The third-order valence-electron chi connectivity index (χ3n) is 5.28. The zero-order valence-corrected chi connectivity index (χ0v) is 15.2. The van der Waals surface area contributed by atoms with Crippen LogP contribution in [0.5, 0.6) is 0 Å². The van der Waals surface area contributed by atoms with E-state index in [1.165, 1.54) is 0 Å². The van der Waals surface area contributed by atoms with E-state index in [4.69, 9.17) is 10.1 Å². The molecular weight excluding hydrogens is 346 g/mol. The monoisotopic (exact) mass is 361 g/mol. The van der Waals surface area contributed by atoms with Crippen LogP contribution in [0.2, 0.25) is 0 Å². The van der Waals surface area contributed by atoms with Crippen LogP contribution in [0.4, 0.5) is 0 Å². The van der Waals surface area contributed by atoms with E-state index in [1.807, 2.05) is 28.8 Å². The number of hydrogen-bond donors (Lipinski definition) is 0. The molecule has 0 aliphatic rings. The maximum Gasteiger partial charge on any atom is 0.179 e. The molecule has 6 aromatic rings. The van der Waals surface area contributed by atoms with E-state index in [0.29, 0.717) is 5.65 Å². The number of rotatable bonds is 1. The second-order valence-electron chi connectivity index (χ2n) is 6.90. The van der Waals surface area contributed by atoms with Gasteiger partial charge in [-0.25, -0.2) is 14.5 Å². The average Bonchev–Trinajstić information content (AvgIpc) is 3.20. The average molecular weight is 361 g/mol. The summed E-state index contributed by atoms with van der Waals surface area (Å²) in [5.41, 5.74) is 7.48. The Balaban J connectivity index is 1.87. The molecule has 0 saturated heterocycles. The molecule has 4 aromatic heterocycles. The second kappa shape index (κ2) is 5.57. The van der Waals surface area contributed by atoms with E-state index in [1.54, 1.807) is 12.4 Å². The van der Waals surface area contributed by atoms with Gasteiger partial charge in [-0.3, -0.25) is 4.98 Å². The maximum absolute atomic E-state index is 4.96. The van der Waals surface area contributed by atoms with Crippen molar-refractivity contribution in [2.45, 2.75) is 6.92 Å². The van der Waals surface area contributed by atoms with Gasteiger partial charge in [0.15, 0.2) is 5.65 Å². The summed E-state index contributed by atoms with van der Waals surface area (Å²) in [5.74, 6) is 0. The van der Waals surface area contributed by atoms with Crippen molar-refractivity contribution >= 4 is 38.5 Å². The van der Waals surface area contributed by atoms with Crippen molar-refractivity contribution in [1.82, 2.24) is 24.6 Å². The minimum absolute atomic E-state index is 0.660. The molecule has 0 amide bonds. The Morgan fingerprint density at radius 3 is 2.39 bits per heavy atom. The largest absolute Gasteiger partial charge is 0.251 e. The van der Waals surface area contributed by atoms with Gasteiger partial charge >= 0.3 is 0 Å². The molecule has 0 aliphatic heterocycles. The van der Waals surface area contributed by atoms with Gasteiger partial charge in [0, 0.05) is 34.3 Å².